The third-order valence-corrected chi connectivity index (χ3v) is 3.12. The number of aliphatic hydroxyl groups is 1. The molecule has 1 unspecified atom stereocenters. The van der Waals surface area contributed by atoms with Gasteiger partial charge < -0.3 is 10.4 Å². The molecule has 90 valence electrons. The summed E-state index contributed by atoms with van der Waals surface area (Å²) in [7, 11) is 0. The maximum absolute atomic E-state index is 9.77. The van der Waals surface area contributed by atoms with Crippen molar-refractivity contribution in [3.63, 3.8) is 0 Å². The first-order chi connectivity index (χ1) is 7.47. The number of hydrogen-bond donors (Lipinski definition) is 2. The lowest BCUT2D eigenvalue weighted by Gasteiger charge is -2.22. The van der Waals surface area contributed by atoms with Crippen LogP contribution < -0.4 is 5.32 Å². The van der Waals surface area contributed by atoms with Gasteiger partial charge in [-0.2, -0.15) is 0 Å². The first-order valence-corrected chi connectivity index (χ1v) is 6.42. The van der Waals surface area contributed by atoms with Crippen LogP contribution in [0.5, 0.6) is 0 Å². The molecule has 0 aromatic carbocycles. The Labute approximate surface area is 102 Å². The molecule has 0 fully saturated rings. The fourth-order valence-electron chi connectivity index (χ4n) is 1.11. The number of pyridine rings is 1. The third-order valence-electron chi connectivity index (χ3n) is 1.96. The van der Waals surface area contributed by atoms with Crippen LogP contribution in [0.1, 0.15) is 20.8 Å². The summed E-state index contributed by atoms with van der Waals surface area (Å²) in [6.07, 6.45) is 3.21. The van der Waals surface area contributed by atoms with Crippen LogP contribution in [0.4, 0.5) is 0 Å². The van der Waals surface area contributed by atoms with Gasteiger partial charge in [0.2, 0.25) is 0 Å². The molecular weight excluding hydrogens is 220 g/mol. The van der Waals surface area contributed by atoms with Gasteiger partial charge in [-0.05, 0) is 32.9 Å². The lowest BCUT2D eigenvalue weighted by Crippen LogP contribution is -2.41. The number of aliphatic hydroxyl groups excluding tert-OH is 1. The molecule has 1 aromatic rings. The van der Waals surface area contributed by atoms with Gasteiger partial charge in [0, 0.05) is 35.1 Å². The minimum Gasteiger partial charge on any atom is -0.391 e. The van der Waals surface area contributed by atoms with Crippen molar-refractivity contribution in [2.45, 2.75) is 37.3 Å². The molecule has 16 heavy (non-hydrogen) atoms. The molecule has 0 spiro atoms. The van der Waals surface area contributed by atoms with Crippen molar-refractivity contribution in [1.29, 1.82) is 0 Å². The molecule has 3 nitrogen and oxygen atoms in total. The quantitative estimate of drug-likeness (QED) is 0.772. The lowest BCUT2D eigenvalue weighted by molar-refractivity contribution is 0.183. The fourth-order valence-corrected chi connectivity index (χ4v) is 1.93. The number of hydrogen-bond acceptors (Lipinski definition) is 4. The Morgan fingerprint density at radius 3 is 2.56 bits per heavy atom. The number of nitrogens with one attached hydrogen (secondary N) is 1. The molecule has 2 N–H and O–H groups in total. The largest absolute Gasteiger partial charge is 0.391 e. The maximum atomic E-state index is 9.77. The van der Waals surface area contributed by atoms with E-state index in [1.165, 1.54) is 0 Å². The number of thioether (sulfide) groups is 1. The fraction of sp³-hybridized carbons (Fsp3) is 0.583. The number of rotatable bonds is 5. The van der Waals surface area contributed by atoms with Crippen molar-refractivity contribution in [3.05, 3.63) is 24.5 Å². The van der Waals surface area contributed by atoms with Crippen LogP contribution in [0.3, 0.4) is 0 Å². The van der Waals surface area contributed by atoms with E-state index in [0.29, 0.717) is 12.3 Å². The summed E-state index contributed by atoms with van der Waals surface area (Å²) in [5.41, 5.74) is 0.0579. The molecule has 4 heteroatoms. The molecular formula is C12H20N2OS. The van der Waals surface area contributed by atoms with Crippen LogP contribution in [-0.2, 0) is 0 Å². The molecule has 0 aliphatic heterocycles. The van der Waals surface area contributed by atoms with Gasteiger partial charge in [0.1, 0.15) is 0 Å². The van der Waals surface area contributed by atoms with Gasteiger partial charge in [-0.25, -0.2) is 0 Å². The van der Waals surface area contributed by atoms with Crippen molar-refractivity contribution in [2.24, 2.45) is 0 Å². The van der Waals surface area contributed by atoms with E-state index in [2.05, 4.69) is 31.1 Å². The second-order valence-electron chi connectivity index (χ2n) is 4.78. The summed E-state index contributed by atoms with van der Waals surface area (Å²) in [6.45, 7) is 6.91. The van der Waals surface area contributed by atoms with Crippen molar-refractivity contribution < 1.29 is 5.11 Å². The van der Waals surface area contributed by atoms with Gasteiger partial charge in [-0.3, -0.25) is 4.98 Å². The van der Waals surface area contributed by atoms with Crippen molar-refractivity contribution >= 4 is 11.8 Å². The van der Waals surface area contributed by atoms with Crippen molar-refractivity contribution in [1.82, 2.24) is 10.3 Å². The smallest absolute Gasteiger partial charge is 0.0758 e. The average Bonchev–Trinajstić information content (AvgIpc) is 2.24. The minimum atomic E-state index is -0.322. The van der Waals surface area contributed by atoms with Gasteiger partial charge in [-0.1, -0.05) is 0 Å². The summed E-state index contributed by atoms with van der Waals surface area (Å²) in [5.74, 6) is 0.701. The molecule has 0 aliphatic carbocycles. The van der Waals surface area contributed by atoms with Crippen LogP contribution >= 0.6 is 11.8 Å². The zero-order chi connectivity index (χ0) is 12.0. The summed E-state index contributed by atoms with van der Waals surface area (Å²) in [6, 6.07) is 3.91. The van der Waals surface area contributed by atoms with E-state index in [9.17, 15) is 5.11 Å². The van der Waals surface area contributed by atoms with E-state index >= 15 is 0 Å². The second kappa shape index (κ2) is 6.23. The van der Waals surface area contributed by atoms with Crippen LogP contribution in [0.15, 0.2) is 29.4 Å². The molecule has 0 saturated carbocycles. The number of aromatic nitrogens is 1. The predicted octanol–water partition coefficient (Wildman–Crippen LogP) is 1.92. The molecule has 0 amide bonds. The average molecular weight is 240 g/mol. The molecule has 0 saturated heterocycles. The van der Waals surface area contributed by atoms with Crippen LogP contribution in [-0.4, -0.2) is 34.0 Å². The summed E-state index contributed by atoms with van der Waals surface area (Å²) < 4.78 is 0. The Balaban J connectivity index is 2.23. The Morgan fingerprint density at radius 1 is 1.38 bits per heavy atom. The first kappa shape index (κ1) is 13.5. The Bertz CT molecular complexity index is 298. The molecule has 0 aliphatic rings. The lowest BCUT2D eigenvalue weighted by atomic mass is 10.1. The first-order valence-electron chi connectivity index (χ1n) is 5.43. The highest BCUT2D eigenvalue weighted by atomic mass is 32.2. The third kappa shape index (κ3) is 6.10. The van der Waals surface area contributed by atoms with Gasteiger partial charge in [0.15, 0.2) is 0 Å². The maximum Gasteiger partial charge on any atom is 0.0758 e. The van der Waals surface area contributed by atoms with Crippen molar-refractivity contribution in [2.75, 3.05) is 12.3 Å². The molecule has 0 radical (unpaired) electrons. The predicted molar refractivity (Wildman–Crippen MR) is 68.7 cm³/mol. The van der Waals surface area contributed by atoms with E-state index in [1.54, 1.807) is 24.2 Å². The van der Waals surface area contributed by atoms with Crippen LogP contribution in [0.2, 0.25) is 0 Å². The number of nitrogens with zero attached hydrogens (tertiary/aromatic N) is 1. The normalized spacial score (nSPS) is 13.8. The highest BCUT2D eigenvalue weighted by Gasteiger charge is 2.12. The zero-order valence-corrected chi connectivity index (χ0v) is 10.9. The monoisotopic (exact) mass is 240 g/mol. The summed E-state index contributed by atoms with van der Waals surface area (Å²) >= 11 is 1.65. The molecule has 1 rings (SSSR count). The standard InChI is InChI=1S/C12H20N2OS/c1-12(2,3)14-8-10(15)9-16-11-4-6-13-7-5-11/h4-7,10,14-15H,8-9H2,1-3H3. The Kier molecular flexibility index (Phi) is 5.25. The van der Waals surface area contributed by atoms with Gasteiger partial charge in [0.25, 0.3) is 0 Å². The number of β-amino-alcohol motifs (C(OH)–C–C–N with tert-alkyl or cyclic N) is 1. The minimum absolute atomic E-state index is 0.0579. The van der Waals surface area contributed by atoms with E-state index in [0.717, 1.165) is 4.90 Å². The van der Waals surface area contributed by atoms with E-state index in [1.807, 2.05) is 12.1 Å². The van der Waals surface area contributed by atoms with E-state index in [-0.39, 0.29) is 11.6 Å². The van der Waals surface area contributed by atoms with Gasteiger partial charge in [0.05, 0.1) is 6.10 Å². The molecule has 1 heterocycles. The van der Waals surface area contributed by atoms with E-state index in [4.69, 9.17) is 0 Å². The Hall–Kier alpha value is -0.580. The Morgan fingerprint density at radius 2 is 2.00 bits per heavy atom. The van der Waals surface area contributed by atoms with Gasteiger partial charge >= 0.3 is 0 Å². The van der Waals surface area contributed by atoms with Crippen LogP contribution in [0.25, 0.3) is 0 Å². The highest BCUT2D eigenvalue weighted by molar-refractivity contribution is 7.99. The SMILES string of the molecule is CC(C)(C)NCC(O)CSc1ccncc1. The summed E-state index contributed by atoms with van der Waals surface area (Å²) in [5, 5.41) is 13.1. The molecule has 0 bridgehead atoms. The van der Waals surface area contributed by atoms with E-state index < -0.39 is 0 Å². The summed E-state index contributed by atoms with van der Waals surface area (Å²) in [4.78, 5) is 5.10. The zero-order valence-electron chi connectivity index (χ0n) is 10.1. The topological polar surface area (TPSA) is 45.1 Å². The van der Waals surface area contributed by atoms with Crippen molar-refractivity contribution in [3.8, 4) is 0 Å². The highest BCUT2D eigenvalue weighted by Crippen LogP contribution is 2.17. The second-order valence-corrected chi connectivity index (χ2v) is 5.87. The molecule has 1 atom stereocenters. The van der Waals surface area contributed by atoms with Crippen LogP contribution in [0, 0.1) is 0 Å². The van der Waals surface area contributed by atoms with Gasteiger partial charge in [-0.15, -0.1) is 11.8 Å². The molecule has 1 aromatic heterocycles.